The van der Waals surface area contributed by atoms with Crippen molar-refractivity contribution in [3.8, 4) is 5.75 Å². The SMILES string of the molecule is COc1ccc(C)c(C)c1CCN(C)C. The fourth-order valence-corrected chi connectivity index (χ4v) is 1.69. The molecule has 0 N–H and O–H groups in total. The van der Waals surface area contributed by atoms with Gasteiger partial charge in [0.2, 0.25) is 0 Å². The maximum absolute atomic E-state index is 5.39. The Morgan fingerprint density at radius 1 is 1.20 bits per heavy atom. The van der Waals surface area contributed by atoms with E-state index >= 15 is 0 Å². The molecule has 2 heteroatoms. The van der Waals surface area contributed by atoms with Crippen LogP contribution >= 0.6 is 0 Å². The number of hydrogen-bond donors (Lipinski definition) is 0. The molecule has 1 rings (SSSR count). The van der Waals surface area contributed by atoms with Crippen molar-refractivity contribution in [3.63, 3.8) is 0 Å². The van der Waals surface area contributed by atoms with Gasteiger partial charge in [-0.25, -0.2) is 0 Å². The van der Waals surface area contributed by atoms with Gasteiger partial charge in [-0.2, -0.15) is 0 Å². The number of hydrogen-bond acceptors (Lipinski definition) is 2. The number of aryl methyl sites for hydroxylation is 1. The molecule has 84 valence electrons. The number of methoxy groups -OCH3 is 1. The maximum atomic E-state index is 5.39. The fraction of sp³-hybridized carbons (Fsp3) is 0.538. The van der Waals surface area contributed by atoms with Crippen LogP contribution in [0.1, 0.15) is 16.7 Å². The number of nitrogens with zero attached hydrogens (tertiary/aromatic N) is 1. The van der Waals surface area contributed by atoms with Gasteiger partial charge in [0.15, 0.2) is 0 Å². The number of rotatable bonds is 4. The molecule has 0 amide bonds. The summed E-state index contributed by atoms with van der Waals surface area (Å²) in [4.78, 5) is 2.20. The number of likely N-dealkylation sites (N-methyl/N-ethyl adjacent to an activating group) is 1. The molecule has 0 aliphatic carbocycles. The fourth-order valence-electron chi connectivity index (χ4n) is 1.69. The van der Waals surface area contributed by atoms with Crippen molar-refractivity contribution in [2.24, 2.45) is 0 Å². The highest BCUT2D eigenvalue weighted by Crippen LogP contribution is 2.25. The lowest BCUT2D eigenvalue weighted by Gasteiger charge is -2.16. The highest BCUT2D eigenvalue weighted by atomic mass is 16.5. The van der Waals surface area contributed by atoms with E-state index in [1.807, 2.05) is 0 Å². The Kier molecular flexibility index (Phi) is 4.15. The first-order valence-corrected chi connectivity index (χ1v) is 5.34. The van der Waals surface area contributed by atoms with Crippen LogP contribution in [0.15, 0.2) is 12.1 Å². The number of benzene rings is 1. The molecular formula is C13H21NO. The van der Waals surface area contributed by atoms with Gasteiger partial charge in [-0.05, 0) is 57.1 Å². The molecule has 0 fully saturated rings. The molecule has 0 saturated carbocycles. The lowest BCUT2D eigenvalue weighted by Crippen LogP contribution is -2.16. The molecule has 0 saturated heterocycles. The van der Waals surface area contributed by atoms with E-state index in [4.69, 9.17) is 4.74 Å². The molecule has 0 unspecified atom stereocenters. The first-order chi connectivity index (χ1) is 7.06. The molecule has 0 bridgehead atoms. The molecule has 2 nitrogen and oxygen atoms in total. The van der Waals surface area contributed by atoms with Gasteiger partial charge in [0.25, 0.3) is 0 Å². The van der Waals surface area contributed by atoms with E-state index in [0.717, 1.165) is 18.7 Å². The molecule has 15 heavy (non-hydrogen) atoms. The van der Waals surface area contributed by atoms with E-state index in [2.05, 4.69) is 45.0 Å². The summed E-state index contributed by atoms with van der Waals surface area (Å²) in [5.41, 5.74) is 4.03. The Morgan fingerprint density at radius 2 is 1.87 bits per heavy atom. The van der Waals surface area contributed by atoms with Gasteiger partial charge in [0.05, 0.1) is 7.11 Å². The highest BCUT2D eigenvalue weighted by Gasteiger charge is 2.08. The number of ether oxygens (including phenoxy) is 1. The minimum Gasteiger partial charge on any atom is -0.496 e. The zero-order chi connectivity index (χ0) is 11.4. The van der Waals surface area contributed by atoms with Gasteiger partial charge >= 0.3 is 0 Å². The zero-order valence-corrected chi connectivity index (χ0v) is 10.4. The van der Waals surface area contributed by atoms with Crippen LogP contribution in [0.3, 0.4) is 0 Å². The Hall–Kier alpha value is -1.02. The van der Waals surface area contributed by atoms with Crippen molar-refractivity contribution < 1.29 is 4.74 Å². The second-order valence-corrected chi connectivity index (χ2v) is 4.24. The molecule has 0 aliphatic rings. The molecule has 0 aliphatic heterocycles. The van der Waals surface area contributed by atoms with Crippen molar-refractivity contribution in [2.75, 3.05) is 27.7 Å². The van der Waals surface area contributed by atoms with Crippen molar-refractivity contribution in [2.45, 2.75) is 20.3 Å². The van der Waals surface area contributed by atoms with Crippen molar-refractivity contribution in [1.82, 2.24) is 4.90 Å². The Balaban J connectivity index is 2.96. The summed E-state index contributed by atoms with van der Waals surface area (Å²) in [5.74, 6) is 1.01. The predicted molar refractivity (Wildman–Crippen MR) is 64.7 cm³/mol. The smallest absolute Gasteiger partial charge is 0.122 e. The van der Waals surface area contributed by atoms with Gasteiger partial charge in [-0.15, -0.1) is 0 Å². The van der Waals surface area contributed by atoms with E-state index in [1.165, 1.54) is 16.7 Å². The van der Waals surface area contributed by atoms with Crippen LogP contribution < -0.4 is 4.74 Å². The molecule has 1 aromatic carbocycles. The van der Waals surface area contributed by atoms with Crippen LogP contribution in [0.5, 0.6) is 5.75 Å². The lowest BCUT2D eigenvalue weighted by atomic mass is 9.99. The van der Waals surface area contributed by atoms with Crippen molar-refractivity contribution >= 4 is 0 Å². The van der Waals surface area contributed by atoms with Crippen LogP contribution in [0, 0.1) is 13.8 Å². The second-order valence-electron chi connectivity index (χ2n) is 4.24. The molecular weight excluding hydrogens is 186 g/mol. The molecule has 0 spiro atoms. The summed E-state index contributed by atoms with van der Waals surface area (Å²) in [7, 11) is 5.93. The van der Waals surface area contributed by atoms with Gasteiger partial charge in [0.1, 0.15) is 5.75 Å². The van der Waals surface area contributed by atoms with E-state index < -0.39 is 0 Å². The van der Waals surface area contributed by atoms with Gasteiger partial charge in [-0.1, -0.05) is 6.07 Å². The summed E-state index contributed by atoms with van der Waals surface area (Å²) in [5, 5.41) is 0. The van der Waals surface area contributed by atoms with Gasteiger partial charge in [-0.3, -0.25) is 0 Å². The summed E-state index contributed by atoms with van der Waals surface area (Å²) in [6.45, 7) is 5.37. The van der Waals surface area contributed by atoms with E-state index in [1.54, 1.807) is 7.11 Å². The topological polar surface area (TPSA) is 12.5 Å². The largest absolute Gasteiger partial charge is 0.496 e. The van der Waals surface area contributed by atoms with Crippen LogP contribution in [0.2, 0.25) is 0 Å². The third-order valence-corrected chi connectivity index (χ3v) is 2.86. The van der Waals surface area contributed by atoms with E-state index in [9.17, 15) is 0 Å². The zero-order valence-electron chi connectivity index (χ0n) is 10.4. The first kappa shape index (κ1) is 12.1. The lowest BCUT2D eigenvalue weighted by molar-refractivity contribution is 0.391. The van der Waals surface area contributed by atoms with E-state index in [-0.39, 0.29) is 0 Å². The van der Waals surface area contributed by atoms with Crippen LogP contribution in [0.25, 0.3) is 0 Å². The van der Waals surface area contributed by atoms with Gasteiger partial charge < -0.3 is 9.64 Å². The second kappa shape index (κ2) is 5.17. The van der Waals surface area contributed by atoms with Crippen LogP contribution in [-0.2, 0) is 6.42 Å². The molecule has 0 aromatic heterocycles. The Bertz CT molecular complexity index is 332. The summed E-state index contributed by atoms with van der Waals surface area (Å²) < 4.78 is 5.39. The minimum atomic E-state index is 1.01. The van der Waals surface area contributed by atoms with Crippen molar-refractivity contribution in [1.29, 1.82) is 0 Å². The average molecular weight is 207 g/mol. The maximum Gasteiger partial charge on any atom is 0.122 e. The predicted octanol–water partition coefficient (Wildman–Crippen LogP) is 2.42. The quantitative estimate of drug-likeness (QED) is 0.752. The average Bonchev–Trinajstić information content (AvgIpc) is 2.20. The summed E-state index contributed by atoms with van der Waals surface area (Å²) >= 11 is 0. The molecule has 0 heterocycles. The van der Waals surface area contributed by atoms with E-state index in [0.29, 0.717) is 0 Å². The molecule has 0 atom stereocenters. The summed E-state index contributed by atoms with van der Waals surface area (Å²) in [6.07, 6.45) is 1.05. The monoisotopic (exact) mass is 207 g/mol. The Labute approximate surface area is 92.9 Å². The third kappa shape index (κ3) is 2.96. The Morgan fingerprint density at radius 3 is 2.40 bits per heavy atom. The summed E-state index contributed by atoms with van der Waals surface area (Å²) in [6, 6.07) is 4.18. The van der Waals surface area contributed by atoms with Crippen molar-refractivity contribution in [3.05, 3.63) is 28.8 Å². The third-order valence-electron chi connectivity index (χ3n) is 2.86. The standard InChI is InChI=1S/C13H21NO/c1-10-6-7-13(15-5)12(11(10)2)8-9-14(3)4/h6-7H,8-9H2,1-5H3. The van der Waals surface area contributed by atoms with Gasteiger partial charge in [0, 0.05) is 6.54 Å². The molecule has 0 radical (unpaired) electrons. The van der Waals surface area contributed by atoms with Crippen LogP contribution in [0.4, 0.5) is 0 Å². The first-order valence-electron chi connectivity index (χ1n) is 5.34. The van der Waals surface area contributed by atoms with Crippen LogP contribution in [-0.4, -0.2) is 32.6 Å². The molecule has 1 aromatic rings. The highest BCUT2D eigenvalue weighted by molar-refractivity contribution is 5.44. The normalized spacial score (nSPS) is 10.8. The minimum absolute atomic E-state index is 1.01.